The Morgan fingerprint density at radius 3 is 2.07 bits per heavy atom. The smallest absolute Gasteiger partial charge is 0.260 e. The summed E-state index contributed by atoms with van der Waals surface area (Å²) in [5.74, 6) is -0.268. The molecule has 0 atom stereocenters. The number of rotatable bonds is 5. The maximum atomic E-state index is 12.8. The van der Waals surface area contributed by atoms with Crippen molar-refractivity contribution in [2.24, 2.45) is 5.10 Å². The van der Waals surface area contributed by atoms with Crippen molar-refractivity contribution >= 4 is 39.6 Å². The quantitative estimate of drug-likeness (QED) is 0.318. The summed E-state index contributed by atoms with van der Waals surface area (Å²) in [6.45, 7) is 0.0538. The lowest BCUT2D eigenvalue weighted by molar-refractivity contribution is -0.121. The van der Waals surface area contributed by atoms with Crippen molar-refractivity contribution in [3.05, 3.63) is 88.6 Å². The molecule has 1 N–H and O–H groups in total. The summed E-state index contributed by atoms with van der Waals surface area (Å²) in [5, 5.41) is 5.26. The van der Waals surface area contributed by atoms with Crippen LogP contribution in [0.15, 0.2) is 82.7 Å². The van der Waals surface area contributed by atoms with Gasteiger partial charge in [-0.2, -0.15) is 5.10 Å². The van der Waals surface area contributed by atoms with Gasteiger partial charge in [0, 0.05) is 30.6 Å². The number of carbonyl (C=O) groups is 1. The zero-order valence-electron chi connectivity index (χ0n) is 16.9. The summed E-state index contributed by atoms with van der Waals surface area (Å²) in [6.07, 6.45) is 1.61. The van der Waals surface area contributed by atoms with Crippen LogP contribution in [-0.4, -0.2) is 30.8 Å². The largest absolute Gasteiger partial charge is 0.378 e. The highest BCUT2D eigenvalue weighted by Gasteiger charge is 2.12. The normalized spacial score (nSPS) is 11.3. The van der Waals surface area contributed by atoms with Crippen LogP contribution in [0.25, 0.3) is 21.8 Å². The van der Waals surface area contributed by atoms with Gasteiger partial charge in [-0.25, -0.2) is 5.43 Å². The number of hydrogen-bond donors (Lipinski definition) is 1. The van der Waals surface area contributed by atoms with Gasteiger partial charge in [0.15, 0.2) is 5.43 Å². The van der Waals surface area contributed by atoms with Gasteiger partial charge >= 0.3 is 0 Å². The standard InChI is InChI=1S/C24H22N4O2/c1-27(2)18-13-11-17(12-14-18)15-25-26-23(29)16-28-21-9-5-3-7-19(21)24(30)20-8-4-6-10-22(20)28/h3-15H,16H2,1-2H3,(H,26,29)/b25-15+. The molecule has 6 heteroatoms. The summed E-state index contributed by atoms with van der Waals surface area (Å²) in [5.41, 5.74) is 5.98. The molecule has 0 spiro atoms. The molecule has 1 heterocycles. The maximum absolute atomic E-state index is 12.8. The molecule has 1 amide bonds. The summed E-state index contributed by atoms with van der Waals surface area (Å²) >= 11 is 0. The van der Waals surface area contributed by atoms with Crippen molar-refractivity contribution in [1.82, 2.24) is 9.99 Å². The van der Waals surface area contributed by atoms with Crippen LogP contribution in [0.2, 0.25) is 0 Å². The first-order valence-electron chi connectivity index (χ1n) is 9.64. The van der Waals surface area contributed by atoms with E-state index in [0.29, 0.717) is 10.8 Å². The minimum Gasteiger partial charge on any atom is -0.378 e. The number of fused-ring (bicyclic) bond motifs is 2. The highest BCUT2D eigenvalue weighted by atomic mass is 16.2. The molecular weight excluding hydrogens is 376 g/mol. The molecule has 30 heavy (non-hydrogen) atoms. The maximum Gasteiger partial charge on any atom is 0.260 e. The van der Waals surface area contributed by atoms with E-state index in [1.807, 2.05) is 84.2 Å². The molecule has 0 aliphatic heterocycles. The van der Waals surface area contributed by atoms with Crippen molar-refractivity contribution in [3.8, 4) is 0 Å². The van der Waals surface area contributed by atoms with Gasteiger partial charge in [0.2, 0.25) is 0 Å². The fourth-order valence-corrected chi connectivity index (χ4v) is 3.46. The number of hydrazone groups is 1. The Balaban J connectivity index is 1.58. The number of carbonyl (C=O) groups excluding carboxylic acids is 1. The molecular formula is C24H22N4O2. The monoisotopic (exact) mass is 398 g/mol. The number of benzene rings is 3. The zero-order valence-corrected chi connectivity index (χ0v) is 16.9. The van der Waals surface area contributed by atoms with Gasteiger partial charge in [0.05, 0.1) is 17.2 Å². The number of pyridine rings is 1. The van der Waals surface area contributed by atoms with E-state index >= 15 is 0 Å². The highest BCUT2D eigenvalue weighted by molar-refractivity contribution is 5.95. The van der Waals surface area contributed by atoms with Crippen LogP contribution in [0.3, 0.4) is 0 Å². The molecule has 4 aromatic rings. The van der Waals surface area contributed by atoms with Gasteiger partial charge in [-0.05, 0) is 42.0 Å². The number of hydrogen-bond acceptors (Lipinski definition) is 4. The lowest BCUT2D eigenvalue weighted by Gasteiger charge is -2.14. The molecule has 4 rings (SSSR count). The van der Waals surface area contributed by atoms with Gasteiger partial charge in [-0.1, -0.05) is 36.4 Å². The van der Waals surface area contributed by atoms with E-state index < -0.39 is 0 Å². The third kappa shape index (κ3) is 3.80. The minimum absolute atomic E-state index is 0.0305. The molecule has 0 fully saturated rings. The van der Waals surface area contributed by atoms with Crippen LogP contribution < -0.4 is 15.8 Å². The Morgan fingerprint density at radius 2 is 1.50 bits per heavy atom. The van der Waals surface area contributed by atoms with Crippen LogP contribution in [0.4, 0.5) is 5.69 Å². The van der Waals surface area contributed by atoms with Gasteiger partial charge in [0.25, 0.3) is 5.91 Å². The number of nitrogens with zero attached hydrogens (tertiary/aromatic N) is 3. The highest BCUT2D eigenvalue weighted by Crippen LogP contribution is 2.19. The Bertz CT molecular complexity index is 1240. The first-order chi connectivity index (χ1) is 14.5. The second-order valence-corrected chi connectivity index (χ2v) is 7.23. The number of para-hydroxylation sites is 2. The van der Waals surface area contributed by atoms with E-state index in [4.69, 9.17) is 0 Å². The van der Waals surface area contributed by atoms with Gasteiger partial charge in [0.1, 0.15) is 6.54 Å². The predicted molar refractivity (Wildman–Crippen MR) is 122 cm³/mol. The fourth-order valence-electron chi connectivity index (χ4n) is 3.46. The van der Waals surface area contributed by atoms with Crippen molar-refractivity contribution < 1.29 is 4.79 Å². The Hall–Kier alpha value is -3.93. The molecule has 3 aromatic carbocycles. The van der Waals surface area contributed by atoms with E-state index in [2.05, 4.69) is 10.5 Å². The summed E-state index contributed by atoms with van der Waals surface area (Å²) < 4.78 is 1.85. The number of amides is 1. The predicted octanol–water partition coefficient (Wildman–Crippen LogP) is 3.37. The Labute approximate surface area is 174 Å². The first-order valence-corrected chi connectivity index (χ1v) is 9.64. The van der Waals surface area contributed by atoms with Crippen LogP contribution in [-0.2, 0) is 11.3 Å². The molecule has 0 aliphatic carbocycles. The molecule has 0 saturated carbocycles. The van der Waals surface area contributed by atoms with E-state index in [0.717, 1.165) is 22.3 Å². The first kappa shape index (κ1) is 19.4. The topological polar surface area (TPSA) is 66.7 Å². The lowest BCUT2D eigenvalue weighted by atomic mass is 10.1. The van der Waals surface area contributed by atoms with Crippen molar-refractivity contribution in [2.45, 2.75) is 6.54 Å². The third-order valence-corrected chi connectivity index (χ3v) is 4.99. The molecule has 0 radical (unpaired) electrons. The number of nitrogens with one attached hydrogen (secondary N) is 1. The number of aromatic nitrogens is 1. The van der Waals surface area contributed by atoms with Crippen LogP contribution in [0, 0.1) is 0 Å². The average molecular weight is 398 g/mol. The van der Waals surface area contributed by atoms with E-state index in [-0.39, 0.29) is 17.9 Å². The number of anilines is 1. The van der Waals surface area contributed by atoms with Crippen molar-refractivity contribution in [1.29, 1.82) is 0 Å². The second-order valence-electron chi connectivity index (χ2n) is 7.23. The van der Waals surface area contributed by atoms with Crippen LogP contribution in [0.5, 0.6) is 0 Å². The van der Waals surface area contributed by atoms with Crippen LogP contribution in [0.1, 0.15) is 5.56 Å². The molecule has 0 unspecified atom stereocenters. The van der Waals surface area contributed by atoms with E-state index in [9.17, 15) is 9.59 Å². The SMILES string of the molecule is CN(C)c1ccc(/C=N/NC(=O)Cn2c3ccccc3c(=O)c3ccccc32)cc1. The molecule has 0 aliphatic rings. The third-order valence-electron chi connectivity index (χ3n) is 4.99. The van der Waals surface area contributed by atoms with Gasteiger partial charge < -0.3 is 9.47 Å². The molecule has 1 aromatic heterocycles. The Kier molecular flexibility index (Phi) is 5.30. The van der Waals surface area contributed by atoms with E-state index in [1.165, 1.54) is 0 Å². The Morgan fingerprint density at radius 1 is 0.933 bits per heavy atom. The zero-order chi connectivity index (χ0) is 21.1. The summed E-state index contributed by atoms with van der Waals surface area (Å²) in [7, 11) is 3.96. The van der Waals surface area contributed by atoms with Crippen LogP contribution >= 0.6 is 0 Å². The van der Waals surface area contributed by atoms with Crippen molar-refractivity contribution in [3.63, 3.8) is 0 Å². The molecule has 6 nitrogen and oxygen atoms in total. The molecule has 150 valence electrons. The fraction of sp³-hybridized carbons (Fsp3) is 0.125. The second kappa shape index (κ2) is 8.21. The summed E-state index contributed by atoms with van der Waals surface area (Å²) in [6, 6.07) is 22.5. The molecule has 0 saturated heterocycles. The van der Waals surface area contributed by atoms with Crippen molar-refractivity contribution in [2.75, 3.05) is 19.0 Å². The molecule has 0 bridgehead atoms. The van der Waals surface area contributed by atoms with Gasteiger partial charge in [-0.3, -0.25) is 9.59 Å². The lowest BCUT2D eigenvalue weighted by Crippen LogP contribution is -2.25. The average Bonchev–Trinajstić information content (AvgIpc) is 2.77. The van der Waals surface area contributed by atoms with E-state index in [1.54, 1.807) is 18.3 Å². The van der Waals surface area contributed by atoms with Gasteiger partial charge in [-0.15, -0.1) is 0 Å². The minimum atomic E-state index is -0.268. The summed E-state index contributed by atoms with van der Waals surface area (Å²) in [4.78, 5) is 27.4.